The van der Waals surface area contributed by atoms with Gasteiger partial charge in [-0.1, -0.05) is 0 Å². The molecule has 1 aliphatic rings. The normalized spacial score (nSPS) is 14.9. The van der Waals surface area contributed by atoms with E-state index in [1.54, 1.807) is 25.2 Å². The lowest BCUT2D eigenvalue weighted by Gasteiger charge is -2.34. The molecular weight excluding hydrogens is 490 g/mol. The number of rotatable bonds is 3. The second-order valence-corrected chi connectivity index (χ2v) is 9.17. The molecule has 33 heavy (non-hydrogen) atoms. The molecule has 1 aliphatic heterocycles. The standard InChI is InChI=1S/C23H22BrN5O4/c1-28-16-10-17(30)14(24)9-13(16)20(19(21(26)31)23(28)32)29-6-4-11(5-7-29)22-27-15-8-12(25)2-3-18(15)33-22/h2-3,8-11,30H,4-7,25H2,1H3,(H2,26,31). The lowest BCUT2D eigenvalue weighted by atomic mass is 9.95. The SMILES string of the molecule is Cn1c(=O)c(C(N)=O)c(N2CCC(c3nc4cc(N)ccc4o3)CC2)c2cc(Br)c(O)cc21. The zero-order valence-corrected chi connectivity index (χ0v) is 19.4. The summed E-state index contributed by atoms with van der Waals surface area (Å²) in [4.78, 5) is 32.0. The number of aryl methyl sites for hydroxylation is 1. The lowest BCUT2D eigenvalue weighted by molar-refractivity contribution is 0.0999. The third-order valence-electron chi connectivity index (χ3n) is 6.27. The maximum Gasteiger partial charge on any atom is 0.265 e. The Bertz CT molecular complexity index is 1480. The number of nitrogens with zero attached hydrogens (tertiary/aromatic N) is 3. The zero-order valence-electron chi connectivity index (χ0n) is 17.8. The largest absolute Gasteiger partial charge is 0.507 e. The fourth-order valence-corrected chi connectivity index (χ4v) is 4.91. The number of hydrogen-bond donors (Lipinski definition) is 3. The van der Waals surface area contributed by atoms with Crippen molar-refractivity contribution in [2.24, 2.45) is 12.8 Å². The van der Waals surface area contributed by atoms with Gasteiger partial charge in [-0.15, -0.1) is 0 Å². The minimum absolute atomic E-state index is 0.00517. The van der Waals surface area contributed by atoms with E-state index < -0.39 is 11.5 Å². The molecule has 9 nitrogen and oxygen atoms in total. The van der Waals surface area contributed by atoms with Gasteiger partial charge >= 0.3 is 0 Å². The Labute approximate surface area is 196 Å². The van der Waals surface area contributed by atoms with Crippen LogP contribution in [0.1, 0.15) is 35.0 Å². The van der Waals surface area contributed by atoms with E-state index in [4.69, 9.17) is 15.9 Å². The first-order valence-corrected chi connectivity index (χ1v) is 11.3. The summed E-state index contributed by atoms with van der Waals surface area (Å²) in [7, 11) is 1.56. The number of aromatic nitrogens is 2. The molecule has 1 saturated heterocycles. The molecule has 2 aromatic heterocycles. The van der Waals surface area contributed by atoms with Gasteiger partial charge in [-0.2, -0.15) is 0 Å². The molecule has 1 fully saturated rings. The van der Waals surface area contributed by atoms with E-state index in [0.717, 1.165) is 18.4 Å². The van der Waals surface area contributed by atoms with Crippen LogP contribution >= 0.6 is 15.9 Å². The number of halogens is 1. The number of benzene rings is 2. The van der Waals surface area contributed by atoms with Gasteiger partial charge in [0.25, 0.3) is 11.5 Å². The number of anilines is 2. The van der Waals surface area contributed by atoms with Crippen molar-refractivity contribution in [1.82, 2.24) is 9.55 Å². The van der Waals surface area contributed by atoms with Crippen LogP contribution in [0.3, 0.4) is 0 Å². The first-order chi connectivity index (χ1) is 15.7. The van der Waals surface area contributed by atoms with Crippen LogP contribution in [0.25, 0.3) is 22.0 Å². The Kier molecular flexibility index (Phi) is 5.04. The van der Waals surface area contributed by atoms with E-state index in [1.165, 1.54) is 10.6 Å². The highest BCUT2D eigenvalue weighted by Gasteiger charge is 2.30. The Hall–Kier alpha value is -3.53. The molecule has 0 spiro atoms. The van der Waals surface area contributed by atoms with E-state index in [-0.39, 0.29) is 17.2 Å². The van der Waals surface area contributed by atoms with Gasteiger partial charge in [0, 0.05) is 43.2 Å². The number of piperidine rings is 1. The summed E-state index contributed by atoms with van der Waals surface area (Å²) in [5.74, 6) is -0.0201. The first-order valence-electron chi connectivity index (χ1n) is 10.5. The Morgan fingerprint density at radius 2 is 1.97 bits per heavy atom. The van der Waals surface area contributed by atoms with E-state index in [0.29, 0.717) is 51.3 Å². The fourth-order valence-electron chi connectivity index (χ4n) is 4.57. The maximum absolute atomic E-state index is 13.0. The van der Waals surface area contributed by atoms with Crippen molar-refractivity contribution in [3.8, 4) is 5.75 Å². The third kappa shape index (κ3) is 3.50. The summed E-state index contributed by atoms with van der Waals surface area (Å²) in [6, 6.07) is 8.60. The van der Waals surface area contributed by atoms with E-state index in [9.17, 15) is 14.7 Å². The van der Waals surface area contributed by atoms with Gasteiger partial charge in [0.1, 0.15) is 16.8 Å². The monoisotopic (exact) mass is 511 g/mol. The lowest BCUT2D eigenvalue weighted by Crippen LogP contribution is -2.38. The molecular formula is C23H22BrN5O4. The second kappa shape index (κ2) is 7.80. The number of fused-ring (bicyclic) bond motifs is 2. The molecule has 0 unspecified atom stereocenters. The molecule has 1 amide bonds. The summed E-state index contributed by atoms with van der Waals surface area (Å²) in [5, 5.41) is 10.8. The number of primary amides is 1. The number of hydrogen-bond acceptors (Lipinski definition) is 7. The average molecular weight is 512 g/mol. The summed E-state index contributed by atoms with van der Waals surface area (Å²) < 4.78 is 7.75. The minimum atomic E-state index is -0.782. The van der Waals surface area contributed by atoms with Crippen LogP contribution in [-0.4, -0.2) is 33.7 Å². The average Bonchev–Trinajstić information content (AvgIpc) is 3.20. The number of pyridine rings is 1. The Morgan fingerprint density at radius 1 is 1.24 bits per heavy atom. The highest BCUT2D eigenvalue weighted by atomic mass is 79.9. The molecule has 0 atom stereocenters. The number of carbonyl (C=O) groups excluding carboxylic acids is 1. The predicted octanol–water partition coefficient (Wildman–Crippen LogP) is 3.21. The highest BCUT2D eigenvalue weighted by Crippen LogP contribution is 2.38. The van der Waals surface area contributed by atoms with Gasteiger partial charge in [0.15, 0.2) is 11.5 Å². The summed E-state index contributed by atoms with van der Waals surface area (Å²) in [6.07, 6.45) is 1.44. The predicted molar refractivity (Wildman–Crippen MR) is 130 cm³/mol. The number of phenols is 1. The Morgan fingerprint density at radius 3 is 2.67 bits per heavy atom. The van der Waals surface area contributed by atoms with Crippen LogP contribution in [0.5, 0.6) is 5.75 Å². The van der Waals surface area contributed by atoms with Gasteiger partial charge in [-0.25, -0.2) is 4.98 Å². The molecule has 3 heterocycles. The number of nitrogen functional groups attached to an aromatic ring is 1. The van der Waals surface area contributed by atoms with Crippen LogP contribution in [-0.2, 0) is 7.05 Å². The van der Waals surface area contributed by atoms with Gasteiger partial charge in [0.2, 0.25) is 0 Å². The third-order valence-corrected chi connectivity index (χ3v) is 6.91. The number of amides is 1. The van der Waals surface area contributed by atoms with Crippen molar-refractivity contribution in [2.75, 3.05) is 23.7 Å². The van der Waals surface area contributed by atoms with Gasteiger partial charge in [-0.05, 0) is 53.0 Å². The molecule has 5 rings (SSSR count). The van der Waals surface area contributed by atoms with Crippen molar-refractivity contribution in [2.45, 2.75) is 18.8 Å². The van der Waals surface area contributed by atoms with E-state index in [2.05, 4.69) is 20.9 Å². The quantitative estimate of drug-likeness (QED) is 0.358. The summed E-state index contributed by atoms with van der Waals surface area (Å²) in [6.45, 7) is 1.15. The van der Waals surface area contributed by atoms with Crippen LogP contribution in [0.4, 0.5) is 11.4 Å². The number of carbonyl (C=O) groups is 1. The van der Waals surface area contributed by atoms with Gasteiger partial charge in [0.05, 0.1) is 15.7 Å². The van der Waals surface area contributed by atoms with Crippen LogP contribution in [0.2, 0.25) is 0 Å². The van der Waals surface area contributed by atoms with E-state index >= 15 is 0 Å². The minimum Gasteiger partial charge on any atom is -0.507 e. The van der Waals surface area contributed by atoms with Crippen molar-refractivity contribution in [3.63, 3.8) is 0 Å². The Balaban J connectivity index is 1.54. The fraction of sp³-hybridized carbons (Fsp3) is 0.261. The van der Waals surface area contributed by atoms with Gasteiger partial charge < -0.3 is 30.5 Å². The molecule has 0 saturated carbocycles. The molecule has 170 valence electrons. The molecule has 0 bridgehead atoms. The van der Waals surface area contributed by atoms with E-state index in [1.807, 2.05) is 11.0 Å². The number of aromatic hydroxyl groups is 1. The molecule has 0 aliphatic carbocycles. The molecule has 4 aromatic rings. The van der Waals surface area contributed by atoms with Crippen molar-refractivity contribution >= 4 is 55.2 Å². The van der Waals surface area contributed by atoms with Crippen LogP contribution < -0.4 is 21.9 Å². The first kappa shape index (κ1) is 21.3. The molecule has 10 heteroatoms. The highest BCUT2D eigenvalue weighted by molar-refractivity contribution is 9.10. The van der Waals surface area contributed by atoms with Crippen molar-refractivity contribution in [3.05, 3.63) is 56.6 Å². The molecule has 2 aromatic carbocycles. The van der Waals surface area contributed by atoms with Gasteiger partial charge in [-0.3, -0.25) is 9.59 Å². The number of nitrogens with two attached hydrogens (primary N) is 2. The maximum atomic E-state index is 13.0. The van der Waals surface area contributed by atoms with Crippen molar-refractivity contribution < 1.29 is 14.3 Å². The topological polar surface area (TPSA) is 141 Å². The molecule has 5 N–H and O–H groups in total. The molecule has 0 radical (unpaired) electrons. The second-order valence-electron chi connectivity index (χ2n) is 8.31. The van der Waals surface area contributed by atoms with Crippen LogP contribution in [0, 0.1) is 0 Å². The number of phenolic OH excluding ortho intramolecular Hbond substituents is 1. The zero-order chi connectivity index (χ0) is 23.4. The number of oxazole rings is 1. The summed E-state index contributed by atoms with van der Waals surface area (Å²) >= 11 is 3.34. The smallest absolute Gasteiger partial charge is 0.265 e. The summed E-state index contributed by atoms with van der Waals surface area (Å²) in [5.41, 5.74) is 14.0. The van der Waals surface area contributed by atoms with Crippen LogP contribution in [0.15, 0.2) is 44.0 Å². The van der Waals surface area contributed by atoms with Crippen molar-refractivity contribution in [1.29, 1.82) is 0 Å².